The van der Waals surface area contributed by atoms with Crippen LogP contribution in [0.2, 0.25) is 0 Å². The van der Waals surface area contributed by atoms with Crippen LogP contribution in [0, 0.1) is 5.92 Å². The average molecular weight is 285 g/mol. The van der Waals surface area contributed by atoms with Crippen molar-refractivity contribution in [3.05, 3.63) is 0 Å². The Bertz CT molecular complexity index is 286. The summed E-state index contributed by atoms with van der Waals surface area (Å²) in [6, 6.07) is 0.0806. The number of aliphatic hydroxyl groups is 1. The zero-order chi connectivity index (χ0) is 15.0. The van der Waals surface area contributed by atoms with Crippen LogP contribution >= 0.6 is 0 Å². The molecule has 1 aliphatic heterocycles. The van der Waals surface area contributed by atoms with Crippen molar-refractivity contribution in [1.82, 2.24) is 15.5 Å². The molecular formula is C15H31N3O2. The smallest absolute Gasteiger partial charge is 0.315 e. The highest BCUT2D eigenvalue weighted by Gasteiger charge is 2.19. The second kappa shape index (κ2) is 9.19. The van der Waals surface area contributed by atoms with E-state index in [2.05, 4.69) is 22.5 Å². The molecule has 5 nitrogen and oxygen atoms in total. The van der Waals surface area contributed by atoms with Crippen molar-refractivity contribution in [2.24, 2.45) is 5.92 Å². The highest BCUT2D eigenvalue weighted by atomic mass is 16.3. The maximum atomic E-state index is 11.9. The van der Waals surface area contributed by atoms with Crippen molar-refractivity contribution < 1.29 is 9.90 Å². The number of carbonyl (C=O) groups is 1. The molecule has 0 bridgehead atoms. The summed E-state index contributed by atoms with van der Waals surface area (Å²) in [4.78, 5) is 14.3. The van der Waals surface area contributed by atoms with Crippen molar-refractivity contribution in [3.8, 4) is 0 Å². The van der Waals surface area contributed by atoms with Crippen LogP contribution in [0.25, 0.3) is 0 Å². The van der Waals surface area contributed by atoms with E-state index in [1.54, 1.807) is 0 Å². The van der Waals surface area contributed by atoms with Gasteiger partial charge >= 0.3 is 6.03 Å². The molecule has 118 valence electrons. The predicted octanol–water partition coefficient (Wildman–Crippen LogP) is 1.57. The summed E-state index contributed by atoms with van der Waals surface area (Å²) in [5.74, 6) is 0.763. The van der Waals surface area contributed by atoms with Crippen LogP contribution in [0.5, 0.6) is 0 Å². The van der Waals surface area contributed by atoms with Crippen molar-refractivity contribution >= 4 is 6.03 Å². The maximum Gasteiger partial charge on any atom is 0.315 e. The number of hydrogen-bond acceptors (Lipinski definition) is 3. The Balaban J connectivity index is 2.26. The van der Waals surface area contributed by atoms with Gasteiger partial charge in [0, 0.05) is 31.8 Å². The molecule has 1 fully saturated rings. The maximum absolute atomic E-state index is 11.9. The Hall–Kier alpha value is -0.810. The summed E-state index contributed by atoms with van der Waals surface area (Å²) in [7, 11) is 0. The molecule has 0 radical (unpaired) electrons. The molecule has 0 aromatic heterocycles. The molecule has 1 rings (SSSR count). The molecule has 3 atom stereocenters. The van der Waals surface area contributed by atoms with Crippen LogP contribution < -0.4 is 10.6 Å². The van der Waals surface area contributed by atoms with E-state index >= 15 is 0 Å². The lowest BCUT2D eigenvalue weighted by Gasteiger charge is -2.33. The van der Waals surface area contributed by atoms with E-state index in [1.165, 1.54) is 12.8 Å². The Morgan fingerprint density at radius 1 is 1.45 bits per heavy atom. The first-order valence-corrected chi connectivity index (χ1v) is 7.95. The third-order valence-corrected chi connectivity index (χ3v) is 3.96. The fraction of sp³-hybridized carbons (Fsp3) is 0.933. The van der Waals surface area contributed by atoms with Gasteiger partial charge in [-0.05, 0) is 45.1 Å². The Morgan fingerprint density at radius 3 is 2.80 bits per heavy atom. The third-order valence-electron chi connectivity index (χ3n) is 3.96. The minimum Gasteiger partial charge on any atom is -0.396 e. The number of piperidine rings is 1. The molecule has 0 aromatic rings. The molecular weight excluding hydrogens is 254 g/mol. The first-order chi connectivity index (χ1) is 9.55. The second-order valence-electron chi connectivity index (χ2n) is 6.14. The predicted molar refractivity (Wildman–Crippen MR) is 81.7 cm³/mol. The van der Waals surface area contributed by atoms with Crippen LogP contribution in [0.3, 0.4) is 0 Å². The second-order valence-corrected chi connectivity index (χ2v) is 6.14. The molecule has 0 saturated carbocycles. The Morgan fingerprint density at radius 2 is 2.20 bits per heavy atom. The van der Waals surface area contributed by atoms with Crippen LogP contribution in [0.1, 0.15) is 46.5 Å². The van der Waals surface area contributed by atoms with Gasteiger partial charge in [0.2, 0.25) is 0 Å². The van der Waals surface area contributed by atoms with Gasteiger partial charge in [-0.2, -0.15) is 0 Å². The van der Waals surface area contributed by atoms with Gasteiger partial charge in [0.05, 0.1) is 0 Å². The number of likely N-dealkylation sites (tertiary alicyclic amines) is 1. The fourth-order valence-corrected chi connectivity index (χ4v) is 2.87. The van der Waals surface area contributed by atoms with Crippen LogP contribution in [0.4, 0.5) is 4.79 Å². The molecule has 3 unspecified atom stereocenters. The summed E-state index contributed by atoms with van der Waals surface area (Å²) in [6.07, 6.45) is 4.03. The van der Waals surface area contributed by atoms with Gasteiger partial charge in [0.1, 0.15) is 0 Å². The van der Waals surface area contributed by atoms with E-state index < -0.39 is 0 Å². The van der Waals surface area contributed by atoms with Gasteiger partial charge in [-0.15, -0.1) is 0 Å². The number of nitrogens with one attached hydrogen (secondary N) is 2. The molecule has 20 heavy (non-hydrogen) atoms. The number of carbonyl (C=O) groups excluding carboxylic acids is 1. The first kappa shape index (κ1) is 17.2. The number of amides is 2. The summed E-state index contributed by atoms with van der Waals surface area (Å²) in [6.45, 7) is 9.65. The first-order valence-electron chi connectivity index (χ1n) is 7.95. The number of nitrogens with zero attached hydrogens (tertiary/aromatic N) is 1. The number of aliphatic hydroxyl groups excluding tert-OH is 1. The fourth-order valence-electron chi connectivity index (χ4n) is 2.87. The van der Waals surface area contributed by atoms with E-state index in [1.807, 2.05) is 13.8 Å². The Kier molecular flexibility index (Phi) is 7.92. The zero-order valence-electron chi connectivity index (χ0n) is 13.2. The van der Waals surface area contributed by atoms with Crippen molar-refractivity contribution in [2.45, 2.75) is 58.5 Å². The minimum atomic E-state index is -0.122. The van der Waals surface area contributed by atoms with Gasteiger partial charge < -0.3 is 20.6 Å². The van der Waals surface area contributed by atoms with Crippen molar-refractivity contribution in [2.75, 3.05) is 26.2 Å². The van der Waals surface area contributed by atoms with Crippen molar-refractivity contribution in [3.63, 3.8) is 0 Å². The van der Waals surface area contributed by atoms with Gasteiger partial charge in [0.25, 0.3) is 0 Å². The minimum absolute atomic E-state index is 0.0576. The van der Waals surface area contributed by atoms with E-state index in [-0.39, 0.29) is 24.7 Å². The molecule has 1 heterocycles. The van der Waals surface area contributed by atoms with Crippen molar-refractivity contribution in [1.29, 1.82) is 0 Å². The SMILES string of the molecule is CCC(CCO)NC(=O)NC(C)CN1CCCC(C)C1. The topological polar surface area (TPSA) is 64.6 Å². The third kappa shape index (κ3) is 6.57. The van der Waals surface area contributed by atoms with Gasteiger partial charge in [-0.1, -0.05) is 13.8 Å². The number of hydrogen-bond donors (Lipinski definition) is 3. The van der Waals surface area contributed by atoms with E-state index in [4.69, 9.17) is 5.11 Å². The molecule has 1 saturated heterocycles. The number of urea groups is 1. The molecule has 2 amide bonds. The van der Waals surface area contributed by atoms with E-state index in [9.17, 15) is 4.79 Å². The normalized spacial score (nSPS) is 23.1. The van der Waals surface area contributed by atoms with Crippen LogP contribution in [-0.2, 0) is 0 Å². The molecule has 0 aromatic carbocycles. The van der Waals surface area contributed by atoms with Gasteiger partial charge in [0.15, 0.2) is 0 Å². The quantitative estimate of drug-likeness (QED) is 0.665. The monoisotopic (exact) mass is 285 g/mol. The van der Waals surface area contributed by atoms with Crippen LogP contribution in [-0.4, -0.2) is 54.4 Å². The summed E-state index contributed by atoms with van der Waals surface area (Å²) in [5, 5.41) is 14.8. The molecule has 3 N–H and O–H groups in total. The lowest BCUT2D eigenvalue weighted by atomic mass is 10.00. The lowest BCUT2D eigenvalue weighted by Crippen LogP contribution is -2.50. The lowest BCUT2D eigenvalue weighted by molar-refractivity contribution is 0.168. The Labute approximate surface area is 123 Å². The molecule has 0 spiro atoms. The van der Waals surface area contributed by atoms with E-state index in [0.29, 0.717) is 6.42 Å². The summed E-state index contributed by atoms with van der Waals surface area (Å²) < 4.78 is 0. The van der Waals surface area contributed by atoms with Gasteiger partial charge in [-0.3, -0.25) is 0 Å². The number of rotatable bonds is 7. The standard InChI is InChI=1S/C15H31N3O2/c1-4-14(7-9-19)17-15(20)16-13(3)11-18-8-5-6-12(2)10-18/h12-14,19H,4-11H2,1-3H3,(H2,16,17,20). The highest BCUT2D eigenvalue weighted by Crippen LogP contribution is 2.15. The van der Waals surface area contributed by atoms with Gasteiger partial charge in [-0.25, -0.2) is 4.79 Å². The largest absolute Gasteiger partial charge is 0.396 e. The molecule has 0 aliphatic carbocycles. The zero-order valence-corrected chi connectivity index (χ0v) is 13.2. The summed E-state index contributed by atoms with van der Waals surface area (Å²) in [5.41, 5.74) is 0. The molecule has 1 aliphatic rings. The van der Waals surface area contributed by atoms with Crippen LogP contribution in [0.15, 0.2) is 0 Å². The van der Waals surface area contributed by atoms with E-state index in [0.717, 1.165) is 32.0 Å². The molecule has 5 heteroatoms. The average Bonchev–Trinajstić information content (AvgIpc) is 2.37. The highest BCUT2D eigenvalue weighted by molar-refractivity contribution is 5.74. The summed E-state index contributed by atoms with van der Waals surface area (Å²) >= 11 is 0.